The van der Waals surface area contributed by atoms with E-state index in [4.69, 9.17) is 10.2 Å². The standard InChI is InChI=1S/C10H19NO3/c1-2-3-6-11(8-9-12)7-4-5-10(13)14/h4-5,12H,2-3,6-9H2,1H3,(H,13,14)/b5-4+. The van der Waals surface area contributed by atoms with Gasteiger partial charge in [0.25, 0.3) is 0 Å². The number of carboxylic acids is 1. The van der Waals surface area contributed by atoms with Crippen LogP contribution in [-0.2, 0) is 4.79 Å². The molecule has 4 heteroatoms. The van der Waals surface area contributed by atoms with Crippen LogP contribution in [0.3, 0.4) is 0 Å². The van der Waals surface area contributed by atoms with E-state index < -0.39 is 5.97 Å². The third-order valence-corrected chi connectivity index (χ3v) is 1.87. The number of aliphatic carboxylic acids is 1. The van der Waals surface area contributed by atoms with Crippen LogP contribution in [0.4, 0.5) is 0 Å². The van der Waals surface area contributed by atoms with Gasteiger partial charge in [-0.2, -0.15) is 0 Å². The summed E-state index contributed by atoms with van der Waals surface area (Å²) in [6.45, 7) is 4.31. The molecule has 0 atom stereocenters. The second-order valence-electron chi connectivity index (χ2n) is 3.12. The van der Waals surface area contributed by atoms with Gasteiger partial charge in [0, 0.05) is 19.2 Å². The molecule has 0 saturated heterocycles. The van der Waals surface area contributed by atoms with Crippen molar-refractivity contribution < 1.29 is 15.0 Å². The molecule has 0 aliphatic carbocycles. The van der Waals surface area contributed by atoms with Crippen molar-refractivity contribution >= 4 is 5.97 Å². The normalized spacial score (nSPS) is 11.4. The Kier molecular flexibility index (Phi) is 8.17. The topological polar surface area (TPSA) is 60.8 Å². The second-order valence-corrected chi connectivity index (χ2v) is 3.12. The van der Waals surface area contributed by atoms with Gasteiger partial charge < -0.3 is 10.2 Å². The molecule has 0 bridgehead atoms. The Morgan fingerprint density at radius 3 is 2.64 bits per heavy atom. The highest BCUT2D eigenvalue weighted by atomic mass is 16.4. The molecule has 0 aliphatic heterocycles. The van der Waals surface area contributed by atoms with Gasteiger partial charge in [0.1, 0.15) is 0 Å². The molecule has 0 amide bonds. The summed E-state index contributed by atoms with van der Waals surface area (Å²) in [5.41, 5.74) is 0. The van der Waals surface area contributed by atoms with Crippen LogP contribution in [0.1, 0.15) is 19.8 Å². The van der Waals surface area contributed by atoms with Crippen molar-refractivity contribution in [2.75, 3.05) is 26.2 Å². The number of aliphatic hydroxyl groups is 1. The Hall–Kier alpha value is -0.870. The second kappa shape index (κ2) is 8.72. The number of carbonyl (C=O) groups is 1. The summed E-state index contributed by atoms with van der Waals surface area (Å²) in [4.78, 5) is 12.2. The molecular weight excluding hydrogens is 182 g/mol. The largest absolute Gasteiger partial charge is 0.478 e. The van der Waals surface area contributed by atoms with Gasteiger partial charge in [0.05, 0.1) is 6.61 Å². The Morgan fingerprint density at radius 1 is 1.43 bits per heavy atom. The highest BCUT2D eigenvalue weighted by Gasteiger charge is 2.00. The van der Waals surface area contributed by atoms with Crippen molar-refractivity contribution in [2.24, 2.45) is 0 Å². The van der Waals surface area contributed by atoms with Crippen LogP contribution >= 0.6 is 0 Å². The number of aliphatic hydroxyl groups excluding tert-OH is 1. The Bertz CT molecular complexity index is 180. The summed E-state index contributed by atoms with van der Waals surface area (Å²) in [6, 6.07) is 0. The molecule has 0 aromatic rings. The first-order valence-electron chi connectivity index (χ1n) is 4.93. The third-order valence-electron chi connectivity index (χ3n) is 1.87. The van der Waals surface area contributed by atoms with Gasteiger partial charge in [-0.15, -0.1) is 0 Å². The van der Waals surface area contributed by atoms with Crippen molar-refractivity contribution in [3.8, 4) is 0 Å². The average Bonchev–Trinajstić information content (AvgIpc) is 2.13. The van der Waals surface area contributed by atoms with Gasteiger partial charge in [-0.1, -0.05) is 19.4 Å². The third kappa shape index (κ3) is 7.76. The fraction of sp³-hybridized carbons (Fsp3) is 0.700. The van der Waals surface area contributed by atoms with E-state index in [2.05, 4.69) is 6.92 Å². The molecule has 0 heterocycles. The number of hydrogen-bond acceptors (Lipinski definition) is 3. The van der Waals surface area contributed by atoms with E-state index in [1.54, 1.807) is 6.08 Å². The number of hydrogen-bond donors (Lipinski definition) is 2. The predicted molar refractivity (Wildman–Crippen MR) is 55.2 cm³/mol. The van der Waals surface area contributed by atoms with Gasteiger partial charge in [0.15, 0.2) is 0 Å². The quantitative estimate of drug-likeness (QED) is 0.568. The van der Waals surface area contributed by atoms with E-state index >= 15 is 0 Å². The van der Waals surface area contributed by atoms with Crippen LogP contribution in [0.25, 0.3) is 0 Å². The van der Waals surface area contributed by atoms with E-state index in [0.29, 0.717) is 13.1 Å². The molecule has 0 unspecified atom stereocenters. The average molecular weight is 201 g/mol. The van der Waals surface area contributed by atoms with Crippen molar-refractivity contribution in [3.05, 3.63) is 12.2 Å². The lowest BCUT2D eigenvalue weighted by Crippen LogP contribution is -2.28. The molecule has 0 spiro atoms. The molecule has 2 N–H and O–H groups in total. The Balaban J connectivity index is 3.77. The lowest BCUT2D eigenvalue weighted by atomic mass is 10.3. The molecule has 4 nitrogen and oxygen atoms in total. The monoisotopic (exact) mass is 201 g/mol. The fourth-order valence-corrected chi connectivity index (χ4v) is 1.12. The highest BCUT2D eigenvalue weighted by Crippen LogP contribution is 1.94. The van der Waals surface area contributed by atoms with Crippen molar-refractivity contribution in [1.82, 2.24) is 4.90 Å². The van der Waals surface area contributed by atoms with Crippen LogP contribution in [0.15, 0.2) is 12.2 Å². The van der Waals surface area contributed by atoms with Gasteiger partial charge in [-0.25, -0.2) is 4.79 Å². The number of carboxylic acid groups (broad SMARTS) is 1. The van der Waals surface area contributed by atoms with Gasteiger partial charge in [-0.3, -0.25) is 4.90 Å². The Labute approximate surface area is 84.8 Å². The summed E-state index contributed by atoms with van der Waals surface area (Å²) in [5.74, 6) is -0.926. The molecule has 0 fully saturated rings. The molecule has 0 aromatic heterocycles. The molecule has 0 rings (SSSR count). The van der Waals surface area contributed by atoms with Crippen molar-refractivity contribution in [3.63, 3.8) is 0 Å². The van der Waals surface area contributed by atoms with Crippen LogP contribution in [0.2, 0.25) is 0 Å². The fourth-order valence-electron chi connectivity index (χ4n) is 1.12. The molecule has 14 heavy (non-hydrogen) atoms. The number of nitrogens with zero attached hydrogens (tertiary/aromatic N) is 1. The summed E-state index contributed by atoms with van der Waals surface area (Å²) in [5, 5.41) is 17.1. The zero-order valence-electron chi connectivity index (χ0n) is 8.65. The summed E-state index contributed by atoms with van der Waals surface area (Å²) >= 11 is 0. The number of unbranched alkanes of at least 4 members (excludes halogenated alkanes) is 1. The van der Waals surface area contributed by atoms with E-state index in [-0.39, 0.29) is 6.61 Å². The van der Waals surface area contributed by atoms with Crippen LogP contribution in [-0.4, -0.2) is 47.3 Å². The van der Waals surface area contributed by atoms with E-state index in [1.165, 1.54) is 0 Å². The van der Waals surface area contributed by atoms with Gasteiger partial charge in [-0.05, 0) is 13.0 Å². The lowest BCUT2D eigenvalue weighted by molar-refractivity contribution is -0.131. The predicted octanol–water partition coefficient (Wildman–Crippen LogP) is 0.722. The lowest BCUT2D eigenvalue weighted by Gasteiger charge is -2.18. The Morgan fingerprint density at radius 2 is 2.14 bits per heavy atom. The minimum absolute atomic E-state index is 0.116. The maximum absolute atomic E-state index is 10.2. The zero-order valence-corrected chi connectivity index (χ0v) is 8.65. The minimum Gasteiger partial charge on any atom is -0.478 e. The zero-order chi connectivity index (χ0) is 10.8. The smallest absolute Gasteiger partial charge is 0.328 e. The first-order chi connectivity index (χ1) is 6.70. The summed E-state index contributed by atoms with van der Waals surface area (Å²) in [7, 11) is 0. The van der Waals surface area contributed by atoms with E-state index in [0.717, 1.165) is 25.5 Å². The van der Waals surface area contributed by atoms with Crippen molar-refractivity contribution in [2.45, 2.75) is 19.8 Å². The SMILES string of the molecule is CCCCN(C/C=C/C(=O)O)CCO. The number of rotatable bonds is 8. The molecular formula is C10H19NO3. The van der Waals surface area contributed by atoms with Gasteiger partial charge >= 0.3 is 5.97 Å². The van der Waals surface area contributed by atoms with Crippen LogP contribution in [0, 0.1) is 0 Å². The molecule has 82 valence electrons. The first-order valence-corrected chi connectivity index (χ1v) is 4.93. The molecule has 0 aromatic carbocycles. The molecule has 0 aliphatic rings. The molecule has 0 radical (unpaired) electrons. The highest BCUT2D eigenvalue weighted by molar-refractivity contribution is 5.79. The van der Waals surface area contributed by atoms with E-state index in [9.17, 15) is 4.79 Å². The summed E-state index contributed by atoms with van der Waals surface area (Å²) in [6.07, 6.45) is 4.91. The minimum atomic E-state index is -0.926. The maximum Gasteiger partial charge on any atom is 0.328 e. The first kappa shape index (κ1) is 13.1. The molecule has 0 saturated carbocycles. The van der Waals surface area contributed by atoms with Crippen LogP contribution in [0.5, 0.6) is 0 Å². The van der Waals surface area contributed by atoms with Crippen molar-refractivity contribution in [1.29, 1.82) is 0 Å². The maximum atomic E-state index is 10.2. The van der Waals surface area contributed by atoms with E-state index in [1.807, 2.05) is 4.90 Å². The van der Waals surface area contributed by atoms with Crippen LogP contribution < -0.4 is 0 Å². The van der Waals surface area contributed by atoms with Gasteiger partial charge in [0.2, 0.25) is 0 Å². The summed E-state index contributed by atoms with van der Waals surface area (Å²) < 4.78 is 0.